The van der Waals surface area contributed by atoms with E-state index in [1.807, 2.05) is 48.5 Å². The van der Waals surface area contributed by atoms with Gasteiger partial charge in [-0.05, 0) is 18.2 Å². The molecule has 3 nitrogen and oxygen atoms in total. The number of para-hydroxylation sites is 1. The lowest BCUT2D eigenvalue weighted by Crippen LogP contribution is -2.22. The molecule has 0 unspecified atom stereocenters. The van der Waals surface area contributed by atoms with Gasteiger partial charge in [-0.2, -0.15) is 0 Å². The average Bonchev–Trinajstić information content (AvgIpc) is 2.38. The van der Waals surface area contributed by atoms with Crippen molar-refractivity contribution >= 4 is 0 Å². The highest BCUT2D eigenvalue weighted by molar-refractivity contribution is 5.27. The van der Waals surface area contributed by atoms with Crippen molar-refractivity contribution in [3.63, 3.8) is 0 Å². The summed E-state index contributed by atoms with van der Waals surface area (Å²) in [6.07, 6.45) is 0. The fraction of sp³-hybridized carbons (Fsp3) is 0.267. The van der Waals surface area contributed by atoms with Crippen LogP contribution in [-0.2, 0) is 6.54 Å². The summed E-state index contributed by atoms with van der Waals surface area (Å²) in [6, 6.07) is 16.0. The van der Waals surface area contributed by atoms with Gasteiger partial charge >= 0.3 is 0 Å². The third kappa shape index (κ3) is 3.86. The first-order valence-corrected chi connectivity index (χ1v) is 6.16. The highest BCUT2D eigenvalue weighted by Crippen LogP contribution is 2.18. The second-order valence-electron chi connectivity index (χ2n) is 4.42. The Morgan fingerprint density at radius 2 is 1.83 bits per heavy atom. The van der Waals surface area contributed by atoms with Crippen molar-refractivity contribution in [3.8, 4) is 11.6 Å². The smallest absolute Gasteiger partial charge is 0.219 e. The molecule has 2 aromatic rings. The maximum Gasteiger partial charge on any atom is 0.219 e. The Bertz CT molecular complexity index is 483. The molecule has 1 aromatic heterocycles. The molecule has 0 aliphatic carbocycles. The Balaban J connectivity index is 2.03. The van der Waals surface area contributed by atoms with Crippen LogP contribution >= 0.6 is 0 Å². The van der Waals surface area contributed by atoms with Crippen LogP contribution in [0.2, 0.25) is 0 Å². The van der Waals surface area contributed by atoms with Crippen LogP contribution in [0.15, 0.2) is 48.5 Å². The van der Waals surface area contributed by atoms with Crippen LogP contribution in [0.4, 0.5) is 0 Å². The number of hydrogen-bond acceptors (Lipinski definition) is 3. The first-order valence-electron chi connectivity index (χ1n) is 6.16. The first kappa shape index (κ1) is 12.6. The molecule has 1 N–H and O–H groups in total. The van der Waals surface area contributed by atoms with E-state index in [1.165, 1.54) is 0 Å². The van der Waals surface area contributed by atoms with Crippen molar-refractivity contribution in [2.75, 3.05) is 0 Å². The number of rotatable bonds is 5. The maximum atomic E-state index is 5.69. The Kier molecular flexibility index (Phi) is 4.31. The molecule has 0 amide bonds. The van der Waals surface area contributed by atoms with E-state index in [4.69, 9.17) is 4.74 Å². The van der Waals surface area contributed by atoms with Gasteiger partial charge in [0.2, 0.25) is 5.88 Å². The molecular formula is C15H18N2O. The second-order valence-corrected chi connectivity index (χ2v) is 4.42. The summed E-state index contributed by atoms with van der Waals surface area (Å²) in [7, 11) is 0. The monoisotopic (exact) mass is 242 g/mol. The summed E-state index contributed by atoms with van der Waals surface area (Å²) in [4.78, 5) is 4.46. The summed E-state index contributed by atoms with van der Waals surface area (Å²) in [5.41, 5.74) is 0.983. The van der Waals surface area contributed by atoms with E-state index in [0.29, 0.717) is 11.9 Å². The van der Waals surface area contributed by atoms with Crippen molar-refractivity contribution in [2.24, 2.45) is 0 Å². The maximum absolute atomic E-state index is 5.69. The predicted molar refractivity (Wildman–Crippen MR) is 72.7 cm³/mol. The zero-order valence-electron chi connectivity index (χ0n) is 10.8. The molecule has 0 spiro atoms. The van der Waals surface area contributed by atoms with Gasteiger partial charge in [-0.15, -0.1) is 0 Å². The van der Waals surface area contributed by atoms with Crippen molar-refractivity contribution in [1.82, 2.24) is 10.3 Å². The average molecular weight is 242 g/mol. The zero-order chi connectivity index (χ0) is 12.8. The number of hydrogen-bond donors (Lipinski definition) is 1. The van der Waals surface area contributed by atoms with Crippen LogP contribution in [0.5, 0.6) is 11.6 Å². The molecule has 94 valence electrons. The number of nitrogens with one attached hydrogen (secondary N) is 1. The van der Waals surface area contributed by atoms with E-state index in [9.17, 15) is 0 Å². The van der Waals surface area contributed by atoms with Gasteiger partial charge in [-0.3, -0.25) is 0 Å². The van der Waals surface area contributed by atoms with E-state index in [1.54, 1.807) is 0 Å². The van der Waals surface area contributed by atoms with Crippen molar-refractivity contribution in [2.45, 2.75) is 26.4 Å². The normalized spacial score (nSPS) is 10.6. The Morgan fingerprint density at radius 1 is 1.06 bits per heavy atom. The third-order valence-electron chi connectivity index (χ3n) is 2.44. The lowest BCUT2D eigenvalue weighted by molar-refractivity contribution is 0.458. The number of ether oxygens (including phenoxy) is 1. The number of nitrogens with zero attached hydrogens (tertiary/aromatic N) is 1. The molecule has 2 rings (SSSR count). The Labute approximate surface area is 108 Å². The van der Waals surface area contributed by atoms with Gasteiger partial charge in [0.05, 0.1) is 5.69 Å². The highest BCUT2D eigenvalue weighted by atomic mass is 16.5. The third-order valence-corrected chi connectivity index (χ3v) is 2.44. The van der Waals surface area contributed by atoms with Crippen molar-refractivity contribution in [1.29, 1.82) is 0 Å². The fourth-order valence-electron chi connectivity index (χ4n) is 1.53. The van der Waals surface area contributed by atoms with Crippen LogP contribution in [0, 0.1) is 0 Å². The SMILES string of the molecule is CC(C)NCc1cccc(Oc2ccccc2)n1. The summed E-state index contributed by atoms with van der Waals surface area (Å²) in [6.45, 7) is 4.98. The summed E-state index contributed by atoms with van der Waals surface area (Å²) in [5, 5.41) is 3.33. The van der Waals surface area contributed by atoms with Crippen LogP contribution in [0.25, 0.3) is 0 Å². The van der Waals surface area contributed by atoms with Gasteiger partial charge < -0.3 is 10.1 Å². The van der Waals surface area contributed by atoms with E-state index >= 15 is 0 Å². The van der Waals surface area contributed by atoms with E-state index in [2.05, 4.69) is 24.1 Å². The highest BCUT2D eigenvalue weighted by Gasteiger charge is 2.01. The van der Waals surface area contributed by atoms with Gasteiger partial charge in [-0.1, -0.05) is 38.1 Å². The Hall–Kier alpha value is -1.87. The number of benzene rings is 1. The molecule has 0 radical (unpaired) electrons. The van der Waals surface area contributed by atoms with E-state index in [0.717, 1.165) is 18.0 Å². The standard InChI is InChI=1S/C15H18N2O/c1-12(2)16-11-13-7-6-10-15(17-13)18-14-8-4-3-5-9-14/h3-10,12,16H,11H2,1-2H3. The minimum atomic E-state index is 0.450. The predicted octanol–water partition coefficient (Wildman–Crippen LogP) is 3.37. The number of aromatic nitrogens is 1. The van der Waals surface area contributed by atoms with Gasteiger partial charge in [-0.25, -0.2) is 4.98 Å². The van der Waals surface area contributed by atoms with Gasteiger partial charge in [0.1, 0.15) is 5.75 Å². The van der Waals surface area contributed by atoms with Crippen LogP contribution in [0.3, 0.4) is 0 Å². The Morgan fingerprint density at radius 3 is 2.56 bits per heavy atom. The summed E-state index contributed by atoms with van der Waals surface area (Å²) < 4.78 is 5.69. The largest absolute Gasteiger partial charge is 0.439 e. The van der Waals surface area contributed by atoms with Gasteiger partial charge in [0.25, 0.3) is 0 Å². The quantitative estimate of drug-likeness (QED) is 0.872. The molecule has 0 atom stereocenters. The first-order chi connectivity index (χ1) is 8.74. The number of pyridine rings is 1. The zero-order valence-corrected chi connectivity index (χ0v) is 10.8. The molecule has 1 aromatic carbocycles. The van der Waals surface area contributed by atoms with E-state index < -0.39 is 0 Å². The molecule has 3 heteroatoms. The minimum Gasteiger partial charge on any atom is -0.439 e. The topological polar surface area (TPSA) is 34.1 Å². The van der Waals surface area contributed by atoms with E-state index in [-0.39, 0.29) is 0 Å². The van der Waals surface area contributed by atoms with Crippen molar-refractivity contribution in [3.05, 3.63) is 54.2 Å². The molecule has 0 fully saturated rings. The van der Waals surface area contributed by atoms with Crippen molar-refractivity contribution < 1.29 is 4.74 Å². The van der Waals surface area contributed by atoms with Gasteiger partial charge in [0, 0.05) is 18.7 Å². The summed E-state index contributed by atoms with van der Waals surface area (Å²) in [5.74, 6) is 1.43. The molecule has 0 saturated carbocycles. The lowest BCUT2D eigenvalue weighted by Gasteiger charge is -2.09. The lowest BCUT2D eigenvalue weighted by atomic mass is 10.3. The fourth-order valence-corrected chi connectivity index (χ4v) is 1.53. The molecule has 0 saturated heterocycles. The van der Waals surface area contributed by atoms with Crippen LogP contribution < -0.4 is 10.1 Å². The molecule has 1 heterocycles. The van der Waals surface area contributed by atoms with Crippen LogP contribution in [-0.4, -0.2) is 11.0 Å². The molecule has 0 aliphatic rings. The molecular weight excluding hydrogens is 224 g/mol. The molecule has 0 aliphatic heterocycles. The second kappa shape index (κ2) is 6.17. The summed E-state index contributed by atoms with van der Waals surface area (Å²) >= 11 is 0. The molecule has 0 bridgehead atoms. The minimum absolute atomic E-state index is 0.450. The van der Waals surface area contributed by atoms with Crippen LogP contribution in [0.1, 0.15) is 19.5 Å². The van der Waals surface area contributed by atoms with Gasteiger partial charge in [0.15, 0.2) is 0 Å². The molecule has 18 heavy (non-hydrogen) atoms.